The first kappa shape index (κ1) is 16.8. The molecule has 1 amide bonds. The second-order valence-corrected chi connectivity index (χ2v) is 6.33. The summed E-state index contributed by atoms with van der Waals surface area (Å²) >= 11 is 7.56. The highest BCUT2D eigenvalue weighted by Gasteiger charge is 2.12. The number of carbonyl (C=O) groups excluding carboxylic acids is 1. The molecule has 0 aliphatic rings. The number of rotatable bonds is 6. The molecule has 2 rings (SSSR count). The number of thioether (sulfide) groups is 1. The van der Waals surface area contributed by atoms with Crippen molar-refractivity contribution >= 4 is 29.3 Å². The lowest BCUT2D eigenvalue weighted by Crippen LogP contribution is -2.28. The van der Waals surface area contributed by atoms with Crippen molar-refractivity contribution in [3.8, 4) is 0 Å². The van der Waals surface area contributed by atoms with Gasteiger partial charge in [0.05, 0.1) is 11.8 Å². The molecule has 2 nitrogen and oxygen atoms in total. The van der Waals surface area contributed by atoms with Gasteiger partial charge in [-0.1, -0.05) is 41.9 Å². The number of hydrogen-bond donors (Lipinski definition) is 1. The van der Waals surface area contributed by atoms with Gasteiger partial charge in [0.2, 0.25) is 5.91 Å². The molecule has 0 fully saturated rings. The Bertz CT molecular complexity index is 650. The predicted octanol–water partition coefficient (Wildman–Crippen LogP) is 4.59. The van der Waals surface area contributed by atoms with Crippen molar-refractivity contribution in [1.29, 1.82) is 0 Å². The summed E-state index contributed by atoms with van der Waals surface area (Å²) in [5, 5.41) is 3.56. The maximum atomic E-state index is 13.0. The molecular weight excluding hydrogens is 321 g/mol. The molecule has 0 aromatic heterocycles. The van der Waals surface area contributed by atoms with Gasteiger partial charge in [0, 0.05) is 10.8 Å². The molecule has 0 spiro atoms. The van der Waals surface area contributed by atoms with Crippen molar-refractivity contribution in [3.63, 3.8) is 0 Å². The molecule has 0 heterocycles. The minimum Gasteiger partial charge on any atom is -0.349 e. The van der Waals surface area contributed by atoms with Gasteiger partial charge in [0.25, 0.3) is 0 Å². The van der Waals surface area contributed by atoms with Crippen molar-refractivity contribution in [2.24, 2.45) is 0 Å². The van der Waals surface area contributed by atoms with Crippen LogP contribution in [0, 0.1) is 5.82 Å². The summed E-state index contributed by atoms with van der Waals surface area (Å²) in [5.74, 6) is 0.612. The van der Waals surface area contributed by atoms with Gasteiger partial charge in [-0.15, -0.1) is 11.8 Å². The van der Waals surface area contributed by atoms with Crippen LogP contribution in [-0.2, 0) is 10.5 Å². The van der Waals surface area contributed by atoms with E-state index < -0.39 is 0 Å². The van der Waals surface area contributed by atoms with E-state index >= 15 is 0 Å². The summed E-state index contributed by atoms with van der Waals surface area (Å²) in [6.45, 7) is 1.90. The molecule has 0 aliphatic carbocycles. The van der Waals surface area contributed by atoms with Crippen LogP contribution in [0.4, 0.5) is 4.39 Å². The van der Waals surface area contributed by atoms with Crippen molar-refractivity contribution < 1.29 is 9.18 Å². The third-order valence-corrected chi connectivity index (χ3v) is 4.49. The van der Waals surface area contributed by atoms with E-state index in [0.717, 1.165) is 11.1 Å². The lowest BCUT2D eigenvalue weighted by Gasteiger charge is -2.15. The zero-order chi connectivity index (χ0) is 15.9. The second-order valence-electron chi connectivity index (χ2n) is 4.93. The highest BCUT2D eigenvalue weighted by atomic mass is 35.5. The molecule has 0 bridgehead atoms. The Labute approximate surface area is 139 Å². The molecule has 116 valence electrons. The van der Waals surface area contributed by atoms with Gasteiger partial charge in [-0.2, -0.15) is 0 Å². The quantitative estimate of drug-likeness (QED) is 0.835. The predicted molar refractivity (Wildman–Crippen MR) is 90.6 cm³/mol. The van der Waals surface area contributed by atoms with Crippen LogP contribution in [0.5, 0.6) is 0 Å². The second kappa shape index (κ2) is 8.20. The summed E-state index contributed by atoms with van der Waals surface area (Å²) < 4.78 is 13.0. The number of carbonyl (C=O) groups is 1. The van der Waals surface area contributed by atoms with Crippen LogP contribution in [0.15, 0.2) is 48.5 Å². The van der Waals surface area contributed by atoms with Gasteiger partial charge in [-0.25, -0.2) is 4.39 Å². The molecule has 0 aliphatic heterocycles. The van der Waals surface area contributed by atoms with Crippen LogP contribution in [0.3, 0.4) is 0 Å². The topological polar surface area (TPSA) is 29.1 Å². The fourth-order valence-electron chi connectivity index (χ4n) is 2.08. The molecule has 1 N–H and O–H groups in total. The van der Waals surface area contributed by atoms with Gasteiger partial charge in [-0.3, -0.25) is 4.79 Å². The standard InChI is InChI=1S/C17H17ClFNOS/c1-12(15-7-2-3-8-16(15)18)20-17(21)11-22-10-13-5-4-6-14(19)9-13/h2-9,12H,10-11H2,1H3,(H,20,21). The maximum absolute atomic E-state index is 13.0. The van der Waals surface area contributed by atoms with Crippen LogP contribution in [0.1, 0.15) is 24.1 Å². The van der Waals surface area contributed by atoms with Gasteiger partial charge in [-0.05, 0) is 36.2 Å². The number of halogens is 2. The van der Waals surface area contributed by atoms with Crippen molar-refractivity contribution in [2.45, 2.75) is 18.7 Å². The monoisotopic (exact) mass is 337 g/mol. The molecule has 2 aromatic rings. The van der Waals surface area contributed by atoms with E-state index in [1.54, 1.807) is 12.1 Å². The Morgan fingerprint density at radius 1 is 1.27 bits per heavy atom. The molecule has 1 atom stereocenters. The van der Waals surface area contributed by atoms with E-state index in [-0.39, 0.29) is 17.8 Å². The average Bonchev–Trinajstić information content (AvgIpc) is 2.47. The third kappa shape index (κ3) is 5.04. The molecular formula is C17H17ClFNOS. The number of amides is 1. The summed E-state index contributed by atoms with van der Waals surface area (Å²) in [5.41, 5.74) is 1.77. The maximum Gasteiger partial charge on any atom is 0.230 e. The smallest absolute Gasteiger partial charge is 0.230 e. The van der Waals surface area contributed by atoms with Crippen molar-refractivity contribution in [1.82, 2.24) is 5.32 Å². The summed E-state index contributed by atoms with van der Waals surface area (Å²) in [6, 6.07) is 13.7. The zero-order valence-corrected chi connectivity index (χ0v) is 13.8. The molecule has 2 aromatic carbocycles. The molecule has 0 radical (unpaired) electrons. The van der Waals surface area contributed by atoms with E-state index in [0.29, 0.717) is 16.5 Å². The highest BCUT2D eigenvalue weighted by molar-refractivity contribution is 7.99. The lowest BCUT2D eigenvalue weighted by atomic mass is 10.1. The zero-order valence-electron chi connectivity index (χ0n) is 12.2. The van der Waals surface area contributed by atoms with Crippen LogP contribution < -0.4 is 5.32 Å². The number of nitrogens with one attached hydrogen (secondary N) is 1. The fraction of sp³-hybridized carbons (Fsp3) is 0.235. The number of benzene rings is 2. The Hall–Kier alpha value is -1.52. The Kier molecular flexibility index (Phi) is 6.28. The lowest BCUT2D eigenvalue weighted by molar-refractivity contribution is -0.119. The van der Waals surface area contributed by atoms with E-state index in [9.17, 15) is 9.18 Å². The highest BCUT2D eigenvalue weighted by Crippen LogP contribution is 2.22. The number of hydrogen-bond acceptors (Lipinski definition) is 2. The molecule has 22 heavy (non-hydrogen) atoms. The Morgan fingerprint density at radius 3 is 2.77 bits per heavy atom. The first-order valence-corrected chi connectivity index (χ1v) is 8.45. The van der Waals surface area contributed by atoms with Gasteiger partial charge in [0.1, 0.15) is 5.82 Å². The van der Waals surface area contributed by atoms with Crippen LogP contribution in [0.25, 0.3) is 0 Å². The van der Waals surface area contributed by atoms with E-state index in [2.05, 4.69) is 5.32 Å². The molecule has 5 heteroatoms. The fourth-order valence-corrected chi connectivity index (χ4v) is 3.16. The van der Waals surface area contributed by atoms with Crippen molar-refractivity contribution in [2.75, 3.05) is 5.75 Å². The normalized spacial score (nSPS) is 12.0. The SMILES string of the molecule is CC(NC(=O)CSCc1cccc(F)c1)c1ccccc1Cl. The minimum atomic E-state index is -0.255. The van der Waals surface area contributed by atoms with Crippen molar-refractivity contribution in [3.05, 3.63) is 70.5 Å². The van der Waals surface area contributed by atoms with E-state index in [4.69, 9.17) is 11.6 Å². The summed E-state index contributed by atoms with van der Waals surface area (Å²) in [4.78, 5) is 11.9. The minimum absolute atomic E-state index is 0.0613. The van der Waals surface area contributed by atoms with Gasteiger partial charge >= 0.3 is 0 Å². The van der Waals surface area contributed by atoms with Gasteiger partial charge in [0.15, 0.2) is 0 Å². The summed E-state index contributed by atoms with van der Waals surface area (Å²) in [7, 11) is 0. The van der Waals surface area contributed by atoms with E-state index in [1.165, 1.54) is 23.9 Å². The first-order chi connectivity index (χ1) is 10.6. The first-order valence-electron chi connectivity index (χ1n) is 6.92. The molecule has 0 saturated heterocycles. The summed E-state index contributed by atoms with van der Waals surface area (Å²) in [6.07, 6.45) is 0. The third-order valence-electron chi connectivity index (χ3n) is 3.14. The average molecular weight is 338 g/mol. The van der Waals surface area contributed by atoms with Gasteiger partial charge < -0.3 is 5.32 Å². The molecule has 1 unspecified atom stereocenters. The van der Waals surface area contributed by atoms with E-state index in [1.807, 2.05) is 31.2 Å². The largest absolute Gasteiger partial charge is 0.349 e. The van der Waals surface area contributed by atoms with Crippen LogP contribution in [0.2, 0.25) is 5.02 Å². The Morgan fingerprint density at radius 2 is 2.05 bits per heavy atom. The van der Waals surface area contributed by atoms with Crippen LogP contribution >= 0.6 is 23.4 Å². The van der Waals surface area contributed by atoms with Crippen LogP contribution in [-0.4, -0.2) is 11.7 Å². The molecule has 0 saturated carbocycles. The Balaban J connectivity index is 1.79.